The lowest BCUT2D eigenvalue weighted by Gasteiger charge is -2.29. The van der Waals surface area contributed by atoms with E-state index in [1.165, 1.54) is 5.56 Å². The molecule has 146 valence electrons. The molecule has 0 N–H and O–H groups in total. The topological polar surface area (TPSA) is 72.4 Å². The van der Waals surface area contributed by atoms with Gasteiger partial charge in [-0.1, -0.05) is 47.1 Å². The van der Waals surface area contributed by atoms with E-state index < -0.39 is 0 Å². The summed E-state index contributed by atoms with van der Waals surface area (Å²) in [6, 6.07) is 17.5. The summed E-state index contributed by atoms with van der Waals surface area (Å²) < 4.78 is 11.2. The van der Waals surface area contributed by atoms with E-state index in [1.54, 1.807) is 6.07 Å². The molecule has 1 fully saturated rings. The van der Waals surface area contributed by atoms with Crippen LogP contribution in [0.15, 0.2) is 63.5 Å². The molecule has 1 aliphatic rings. The summed E-state index contributed by atoms with van der Waals surface area (Å²) in [5, 5.41) is 4.07. The highest BCUT2D eigenvalue weighted by Crippen LogP contribution is 2.30. The standard InChI is InChI=1S/C23H21N3O3/c1-15-6-8-16(9-7-15)19-14-21(29-25-19)23(27)26-12-10-17(11-13-26)22-24-18-4-2-3-5-20(18)28-22/h2-9,14,17H,10-13H2,1H3. The van der Waals surface area contributed by atoms with Gasteiger partial charge in [-0.2, -0.15) is 0 Å². The summed E-state index contributed by atoms with van der Waals surface area (Å²) in [5.41, 5.74) is 4.48. The number of piperidine rings is 1. The second-order valence-electron chi connectivity index (χ2n) is 7.53. The number of hydrogen-bond acceptors (Lipinski definition) is 5. The zero-order chi connectivity index (χ0) is 19.8. The number of aryl methyl sites for hydroxylation is 1. The minimum Gasteiger partial charge on any atom is -0.440 e. The molecule has 1 saturated heterocycles. The number of para-hydroxylation sites is 2. The summed E-state index contributed by atoms with van der Waals surface area (Å²) in [7, 11) is 0. The Morgan fingerprint density at radius 3 is 2.59 bits per heavy atom. The molecule has 6 nitrogen and oxygen atoms in total. The zero-order valence-electron chi connectivity index (χ0n) is 16.2. The molecule has 2 aromatic carbocycles. The number of likely N-dealkylation sites (tertiary alicyclic amines) is 1. The van der Waals surface area contributed by atoms with Crippen LogP contribution in [0.25, 0.3) is 22.4 Å². The average Bonchev–Trinajstić information content (AvgIpc) is 3.41. The van der Waals surface area contributed by atoms with Gasteiger partial charge in [0.15, 0.2) is 11.5 Å². The summed E-state index contributed by atoms with van der Waals surface area (Å²) >= 11 is 0. The van der Waals surface area contributed by atoms with Crippen LogP contribution in [0, 0.1) is 6.92 Å². The smallest absolute Gasteiger partial charge is 0.292 e. The highest BCUT2D eigenvalue weighted by molar-refractivity contribution is 5.92. The minimum atomic E-state index is -0.119. The average molecular weight is 387 g/mol. The van der Waals surface area contributed by atoms with Crippen LogP contribution in [-0.4, -0.2) is 34.0 Å². The number of carbonyl (C=O) groups is 1. The maximum absolute atomic E-state index is 12.8. The van der Waals surface area contributed by atoms with E-state index in [1.807, 2.05) is 60.4 Å². The number of aromatic nitrogens is 2. The quantitative estimate of drug-likeness (QED) is 0.504. The third kappa shape index (κ3) is 3.42. The SMILES string of the molecule is Cc1ccc(-c2cc(C(=O)N3CCC(c4nc5ccccc5o4)CC3)on2)cc1. The normalized spacial score (nSPS) is 15.1. The van der Waals surface area contributed by atoms with Crippen molar-refractivity contribution >= 4 is 17.0 Å². The molecule has 0 spiro atoms. The fourth-order valence-corrected chi connectivity index (χ4v) is 3.79. The summed E-state index contributed by atoms with van der Waals surface area (Å²) in [4.78, 5) is 19.3. The zero-order valence-corrected chi connectivity index (χ0v) is 16.2. The van der Waals surface area contributed by atoms with Gasteiger partial charge in [-0.05, 0) is 31.9 Å². The van der Waals surface area contributed by atoms with Crippen LogP contribution < -0.4 is 0 Å². The van der Waals surface area contributed by atoms with Gasteiger partial charge in [0.25, 0.3) is 5.91 Å². The molecule has 3 heterocycles. The van der Waals surface area contributed by atoms with Crippen molar-refractivity contribution in [3.05, 3.63) is 71.8 Å². The molecular formula is C23H21N3O3. The Morgan fingerprint density at radius 2 is 1.83 bits per heavy atom. The highest BCUT2D eigenvalue weighted by atomic mass is 16.5. The van der Waals surface area contributed by atoms with Crippen molar-refractivity contribution in [1.82, 2.24) is 15.0 Å². The Bertz CT molecular complexity index is 1120. The first-order valence-corrected chi connectivity index (χ1v) is 9.86. The van der Waals surface area contributed by atoms with Gasteiger partial charge in [-0.3, -0.25) is 4.79 Å². The molecule has 0 atom stereocenters. The van der Waals surface area contributed by atoms with Crippen LogP contribution in [-0.2, 0) is 0 Å². The first-order valence-electron chi connectivity index (χ1n) is 9.86. The van der Waals surface area contributed by atoms with Crippen molar-refractivity contribution in [2.24, 2.45) is 0 Å². The van der Waals surface area contributed by atoms with Crippen molar-refractivity contribution in [3.8, 4) is 11.3 Å². The molecule has 0 bridgehead atoms. The molecular weight excluding hydrogens is 366 g/mol. The van der Waals surface area contributed by atoms with Crippen LogP contribution in [0.4, 0.5) is 0 Å². The van der Waals surface area contributed by atoms with Crippen LogP contribution in [0.2, 0.25) is 0 Å². The molecule has 0 unspecified atom stereocenters. The van der Waals surface area contributed by atoms with Crippen LogP contribution in [0.1, 0.15) is 40.8 Å². The van der Waals surface area contributed by atoms with Gasteiger partial charge < -0.3 is 13.8 Å². The molecule has 6 heteroatoms. The van der Waals surface area contributed by atoms with Gasteiger partial charge in [0, 0.05) is 30.6 Å². The Hall–Kier alpha value is -3.41. The van der Waals surface area contributed by atoms with E-state index in [4.69, 9.17) is 8.94 Å². The monoisotopic (exact) mass is 387 g/mol. The maximum atomic E-state index is 12.8. The van der Waals surface area contributed by atoms with E-state index >= 15 is 0 Å². The lowest BCUT2D eigenvalue weighted by atomic mass is 9.96. The second-order valence-corrected chi connectivity index (χ2v) is 7.53. The number of carbonyl (C=O) groups excluding carboxylic acids is 1. The second kappa shape index (κ2) is 7.20. The van der Waals surface area contributed by atoms with Crippen molar-refractivity contribution < 1.29 is 13.7 Å². The predicted molar refractivity (Wildman–Crippen MR) is 109 cm³/mol. The number of nitrogens with zero attached hydrogens (tertiary/aromatic N) is 3. The third-order valence-electron chi connectivity index (χ3n) is 5.51. The minimum absolute atomic E-state index is 0.119. The molecule has 0 aliphatic carbocycles. The predicted octanol–water partition coefficient (Wildman–Crippen LogP) is 4.81. The van der Waals surface area contributed by atoms with Crippen LogP contribution >= 0.6 is 0 Å². The largest absolute Gasteiger partial charge is 0.440 e. The number of benzene rings is 2. The molecule has 1 amide bonds. The Labute approximate surface area is 168 Å². The van der Waals surface area contributed by atoms with Gasteiger partial charge >= 0.3 is 0 Å². The first kappa shape index (κ1) is 17.7. The Morgan fingerprint density at radius 1 is 1.07 bits per heavy atom. The lowest BCUT2D eigenvalue weighted by Crippen LogP contribution is -2.37. The third-order valence-corrected chi connectivity index (χ3v) is 5.51. The summed E-state index contributed by atoms with van der Waals surface area (Å²) in [5.74, 6) is 1.15. The van der Waals surface area contributed by atoms with Gasteiger partial charge in [-0.15, -0.1) is 0 Å². The Balaban J connectivity index is 1.26. The van der Waals surface area contributed by atoms with Crippen molar-refractivity contribution in [1.29, 1.82) is 0 Å². The van der Waals surface area contributed by atoms with Gasteiger partial charge in [0.1, 0.15) is 11.2 Å². The number of amides is 1. The fourth-order valence-electron chi connectivity index (χ4n) is 3.79. The lowest BCUT2D eigenvalue weighted by molar-refractivity contribution is 0.0665. The fraction of sp³-hybridized carbons (Fsp3) is 0.261. The highest BCUT2D eigenvalue weighted by Gasteiger charge is 2.29. The van der Waals surface area contributed by atoms with Crippen LogP contribution in [0.3, 0.4) is 0 Å². The molecule has 0 saturated carbocycles. The Kier molecular flexibility index (Phi) is 4.39. The number of fused-ring (bicyclic) bond motifs is 1. The molecule has 5 rings (SSSR count). The van der Waals surface area contributed by atoms with Crippen molar-refractivity contribution in [2.75, 3.05) is 13.1 Å². The molecule has 4 aromatic rings. The van der Waals surface area contributed by atoms with E-state index in [0.29, 0.717) is 18.8 Å². The summed E-state index contributed by atoms with van der Waals surface area (Å²) in [6.07, 6.45) is 1.63. The van der Waals surface area contributed by atoms with Gasteiger partial charge in [0.2, 0.25) is 5.76 Å². The molecule has 2 aromatic heterocycles. The van der Waals surface area contributed by atoms with E-state index in [2.05, 4.69) is 10.1 Å². The van der Waals surface area contributed by atoms with E-state index in [9.17, 15) is 4.79 Å². The summed E-state index contributed by atoms with van der Waals surface area (Å²) in [6.45, 7) is 3.32. The number of oxazole rings is 1. The molecule has 1 aliphatic heterocycles. The van der Waals surface area contributed by atoms with Gasteiger partial charge in [-0.25, -0.2) is 4.98 Å². The van der Waals surface area contributed by atoms with Crippen molar-refractivity contribution in [2.45, 2.75) is 25.7 Å². The number of rotatable bonds is 3. The maximum Gasteiger partial charge on any atom is 0.292 e. The van der Waals surface area contributed by atoms with E-state index in [0.717, 1.165) is 35.4 Å². The number of hydrogen-bond donors (Lipinski definition) is 0. The van der Waals surface area contributed by atoms with Gasteiger partial charge in [0.05, 0.1) is 0 Å². The molecule has 29 heavy (non-hydrogen) atoms. The van der Waals surface area contributed by atoms with Crippen molar-refractivity contribution in [3.63, 3.8) is 0 Å². The first-order chi connectivity index (χ1) is 14.2. The van der Waals surface area contributed by atoms with E-state index in [-0.39, 0.29) is 17.6 Å². The van der Waals surface area contributed by atoms with Crippen LogP contribution in [0.5, 0.6) is 0 Å². The molecule has 0 radical (unpaired) electrons.